The fourth-order valence-electron chi connectivity index (χ4n) is 1.23. The van der Waals surface area contributed by atoms with Gasteiger partial charge in [0.05, 0.1) is 0 Å². The van der Waals surface area contributed by atoms with E-state index in [1.165, 1.54) is 16.8 Å². The quantitative estimate of drug-likeness (QED) is 0.660. The highest BCUT2D eigenvalue weighted by molar-refractivity contribution is 5.28. The highest BCUT2D eigenvalue weighted by Gasteiger charge is 1.98. The Morgan fingerprint density at radius 3 is 1.77 bits per heavy atom. The van der Waals surface area contributed by atoms with E-state index in [4.69, 9.17) is 18.3 Å². The molecule has 78 valence electrons. The summed E-state index contributed by atoms with van der Waals surface area (Å²) in [6.07, 6.45) is 3.20. The van der Waals surface area contributed by atoms with Crippen molar-refractivity contribution in [2.75, 3.05) is 0 Å². The van der Waals surface area contributed by atoms with Gasteiger partial charge in [-0.2, -0.15) is 0 Å². The molecule has 13 heavy (non-hydrogen) atoms. The molecule has 0 unspecified atom stereocenters. The number of rotatable bonds is 1. The summed E-state index contributed by atoms with van der Waals surface area (Å²) in [5, 5.41) is 0. The Hall–Kier alpha value is -1.00. The van der Waals surface area contributed by atoms with Crippen molar-refractivity contribution in [3.8, 4) is 0 Å². The zero-order valence-corrected chi connectivity index (χ0v) is 7.80. The molecule has 0 bridgehead atoms. The molecule has 0 saturated heterocycles. The normalized spacial score (nSPS) is 7.92. The molecule has 1 heterocycles. The Bertz CT molecular complexity index is 190. The van der Waals surface area contributed by atoms with Crippen LogP contribution in [0.5, 0.6) is 0 Å². The van der Waals surface area contributed by atoms with Crippen molar-refractivity contribution < 1.29 is 18.3 Å². The van der Waals surface area contributed by atoms with E-state index in [9.17, 15) is 0 Å². The first-order valence-corrected chi connectivity index (χ1v) is 3.67. The summed E-state index contributed by atoms with van der Waals surface area (Å²) in [6, 6.07) is 0. The first-order chi connectivity index (χ1) is 6.25. The van der Waals surface area contributed by atoms with E-state index in [1.54, 1.807) is 0 Å². The van der Waals surface area contributed by atoms with E-state index in [0.717, 1.165) is 6.42 Å². The molecule has 0 aromatic carbocycles. The highest BCUT2D eigenvalue weighted by atomic mass is 20.0. The molecule has 0 aliphatic carbocycles. The van der Waals surface area contributed by atoms with Crippen LogP contribution in [0.15, 0.2) is 6.20 Å². The molecule has 0 fully saturated rings. The number of hydrogen-bond donors (Lipinski definition) is 1. The number of aromatic nitrogens is 1. The van der Waals surface area contributed by atoms with Gasteiger partial charge in [-0.25, -0.2) is 0 Å². The molecule has 0 radical (unpaired) electrons. The predicted octanol–water partition coefficient (Wildman–Crippen LogP) is 3.87. The first-order valence-electron chi connectivity index (χ1n) is 3.67. The van der Waals surface area contributed by atoms with E-state index in [0.29, 0.717) is 0 Å². The maximum atomic E-state index is 8.00. The second-order valence-corrected chi connectivity index (χ2v) is 2.43. The molecule has 0 saturated carbocycles. The van der Waals surface area contributed by atoms with Crippen LogP contribution in [0, 0.1) is 13.8 Å². The van der Waals surface area contributed by atoms with Gasteiger partial charge < -0.3 is 4.98 Å². The lowest BCUT2D eigenvalue weighted by Crippen LogP contribution is -1.82. The van der Waals surface area contributed by atoms with E-state index in [2.05, 4.69) is 32.0 Å². The molecule has 0 aliphatic heterocycles. The average molecular weight is 199 g/mol. The molecule has 0 atom stereocenters. The van der Waals surface area contributed by atoms with Gasteiger partial charge in [-0.3, -0.25) is 0 Å². The van der Waals surface area contributed by atoms with E-state index >= 15 is 0 Å². The Kier molecular flexibility index (Phi) is 10.2. The van der Waals surface area contributed by atoms with Crippen molar-refractivity contribution in [3.63, 3.8) is 0 Å². The zero-order chi connectivity index (χ0) is 10.9. The second kappa shape index (κ2) is 9.09. The van der Waals surface area contributed by atoms with Crippen LogP contribution in [-0.2, 0) is 6.42 Å². The third-order valence-electron chi connectivity index (χ3n) is 1.79. The Morgan fingerprint density at radius 1 is 1.15 bits per heavy atom. The number of nitrogens with one attached hydrogen (secondary N) is 1. The van der Waals surface area contributed by atoms with Gasteiger partial charge in [-0.05, 0) is 31.4 Å². The van der Waals surface area contributed by atoms with Crippen LogP contribution in [0.1, 0.15) is 23.7 Å². The van der Waals surface area contributed by atoms with Crippen LogP contribution in [0.4, 0.5) is 18.3 Å². The molecule has 1 rings (SSSR count). The summed E-state index contributed by atoms with van der Waals surface area (Å²) in [5.74, 6) is 0. The first kappa shape index (κ1) is 14.5. The van der Waals surface area contributed by atoms with Crippen molar-refractivity contribution >= 4 is 0 Å². The molecular formula is C8H13F4N. The predicted molar refractivity (Wildman–Crippen MR) is 44.1 cm³/mol. The van der Waals surface area contributed by atoms with Crippen LogP contribution in [-0.4, -0.2) is 4.98 Å². The summed E-state index contributed by atoms with van der Waals surface area (Å²) in [5.41, 5.74) is 4.17. The van der Waals surface area contributed by atoms with Gasteiger partial charge in [0.1, 0.15) is 0 Å². The smallest absolute Gasteiger partial charge is 0.0150 e. The summed E-state index contributed by atoms with van der Waals surface area (Å²) in [7, 11) is 0. The third-order valence-corrected chi connectivity index (χ3v) is 1.79. The minimum absolute atomic E-state index is 1.14. The molecular weight excluding hydrogens is 186 g/mol. The standard InChI is InChI=1S/C8H13N.2F2/c1-4-8-6(2)5-9-7(8)3;2*1-2/h5,9H,4H2,1-3H3;;. The Balaban J connectivity index is 0. The van der Waals surface area contributed by atoms with Gasteiger partial charge in [-0.1, -0.05) is 6.92 Å². The molecule has 0 amide bonds. The van der Waals surface area contributed by atoms with E-state index in [1.807, 2.05) is 0 Å². The van der Waals surface area contributed by atoms with Crippen molar-refractivity contribution in [2.45, 2.75) is 27.2 Å². The van der Waals surface area contributed by atoms with Crippen molar-refractivity contribution in [1.29, 1.82) is 0 Å². The number of halogens is 4. The second-order valence-electron chi connectivity index (χ2n) is 2.43. The molecule has 0 aliphatic rings. The molecule has 1 nitrogen and oxygen atoms in total. The van der Waals surface area contributed by atoms with Crippen molar-refractivity contribution in [3.05, 3.63) is 23.0 Å². The van der Waals surface area contributed by atoms with Gasteiger partial charge >= 0.3 is 0 Å². The molecule has 1 N–H and O–H groups in total. The molecule has 1 aromatic rings. The van der Waals surface area contributed by atoms with Crippen LogP contribution >= 0.6 is 0 Å². The van der Waals surface area contributed by atoms with Gasteiger partial charge in [0, 0.05) is 30.2 Å². The minimum Gasteiger partial charge on any atom is -0.365 e. The van der Waals surface area contributed by atoms with Gasteiger partial charge in [0.2, 0.25) is 0 Å². The molecule has 1 aromatic heterocycles. The highest BCUT2D eigenvalue weighted by Crippen LogP contribution is 2.11. The van der Waals surface area contributed by atoms with Crippen LogP contribution in [0.3, 0.4) is 0 Å². The summed E-state index contributed by atoms with van der Waals surface area (Å²) in [4.78, 5) is 3.19. The number of hydrogen-bond acceptors (Lipinski definition) is 0. The minimum atomic E-state index is 1.14. The van der Waals surface area contributed by atoms with Crippen molar-refractivity contribution in [1.82, 2.24) is 4.98 Å². The summed E-state index contributed by atoms with van der Waals surface area (Å²) < 4.78 is 32.0. The maximum absolute atomic E-state index is 8.00. The van der Waals surface area contributed by atoms with Gasteiger partial charge in [0.15, 0.2) is 0 Å². The Labute approximate surface area is 74.5 Å². The van der Waals surface area contributed by atoms with Crippen LogP contribution < -0.4 is 0 Å². The van der Waals surface area contributed by atoms with E-state index in [-0.39, 0.29) is 0 Å². The van der Waals surface area contributed by atoms with Gasteiger partial charge in [0.25, 0.3) is 0 Å². The van der Waals surface area contributed by atoms with Crippen LogP contribution in [0.2, 0.25) is 0 Å². The Morgan fingerprint density at radius 2 is 1.62 bits per heavy atom. The van der Waals surface area contributed by atoms with E-state index < -0.39 is 0 Å². The van der Waals surface area contributed by atoms with Crippen LogP contribution in [0.25, 0.3) is 0 Å². The number of aromatic amines is 1. The monoisotopic (exact) mass is 199 g/mol. The average Bonchev–Trinajstić information content (AvgIpc) is 2.52. The fourth-order valence-corrected chi connectivity index (χ4v) is 1.23. The molecule has 0 spiro atoms. The summed E-state index contributed by atoms with van der Waals surface area (Å²) >= 11 is 0. The fraction of sp³-hybridized carbons (Fsp3) is 0.500. The lowest BCUT2D eigenvalue weighted by molar-refractivity contribution is 0.108. The van der Waals surface area contributed by atoms with Crippen molar-refractivity contribution in [2.24, 2.45) is 0 Å². The summed E-state index contributed by atoms with van der Waals surface area (Å²) in [6.45, 7) is 6.44. The third kappa shape index (κ3) is 4.55. The largest absolute Gasteiger partial charge is 0.365 e. The SMILES string of the molecule is CCc1c(C)c[nH]c1C.FF.FF. The number of H-pyrrole nitrogens is 1. The topological polar surface area (TPSA) is 15.8 Å². The maximum Gasteiger partial charge on any atom is 0.0150 e. The number of aryl methyl sites for hydroxylation is 2. The zero-order valence-electron chi connectivity index (χ0n) is 7.80. The molecule has 5 heteroatoms. The lowest BCUT2D eigenvalue weighted by Gasteiger charge is -1.93. The van der Waals surface area contributed by atoms with Gasteiger partial charge in [-0.15, -0.1) is 0 Å². The lowest BCUT2D eigenvalue weighted by atomic mass is 10.1.